The average Bonchev–Trinajstić information content (AvgIpc) is 3.00. The monoisotopic (exact) mass is 415 g/mol. The number of halogens is 2. The van der Waals surface area contributed by atoms with Crippen LogP contribution in [0.4, 0.5) is 5.69 Å². The van der Waals surface area contributed by atoms with E-state index in [0.717, 1.165) is 11.3 Å². The predicted octanol–water partition coefficient (Wildman–Crippen LogP) is 5.16. The number of H-pyrrole nitrogens is 1. The van der Waals surface area contributed by atoms with E-state index >= 15 is 0 Å². The van der Waals surface area contributed by atoms with Crippen molar-refractivity contribution in [1.82, 2.24) is 9.55 Å². The highest BCUT2D eigenvalue weighted by molar-refractivity contribution is 7.71. The third-order valence-electron chi connectivity index (χ3n) is 4.08. The van der Waals surface area contributed by atoms with Gasteiger partial charge in [0, 0.05) is 27.4 Å². The van der Waals surface area contributed by atoms with E-state index in [1.54, 1.807) is 30.5 Å². The van der Waals surface area contributed by atoms with Crippen molar-refractivity contribution < 1.29 is 5.11 Å². The highest BCUT2D eigenvalue weighted by Gasteiger charge is 2.17. The summed E-state index contributed by atoms with van der Waals surface area (Å²) in [7, 11) is 0. The van der Waals surface area contributed by atoms with Crippen molar-refractivity contribution in [2.45, 2.75) is 0 Å². The van der Waals surface area contributed by atoms with Crippen LogP contribution in [0, 0.1) is 4.77 Å². The molecule has 1 aliphatic heterocycles. The molecule has 2 heterocycles. The Bertz CT molecular complexity index is 1240. The molecule has 0 atom stereocenters. The third kappa shape index (κ3) is 3.23. The van der Waals surface area contributed by atoms with E-state index in [9.17, 15) is 9.90 Å². The molecule has 1 aliphatic rings. The number of aromatic hydroxyl groups is 1. The van der Waals surface area contributed by atoms with Gasteiger partial charge in [-0.15, -0.1) is 0 Å². The minimum Gasteiger partial charge on any atom is -0.494 e. The minimum atomic E-state index is -0.507. The minimum absolute atomic E-state index is 0.0264. The molecule has 0 amide bonds. The molecule has 134 valence electrons. The number of benzene rings is 2. The zero-order valence-corrected chi connectivity index (χ0v) is 15.9. The van der Waals surface area contributed by atoms with Gasteiger partial charge in [-0.25, -0.2) is 0 Å². The van der Waals surface area contributed by atoms with Gasteiger partial charge in [0.15, 0.2) is 4.77 Å². The summed E-state index contributed by atoms with van der Waals surface area (Å²) in [6.07, 6.45) is 3.21. The molecule has 0 saturated carbocycles. The molecule has 3 aromatic rings. The molecule has 5 nitrogen and oxygen atoms in total. The van der Waals surface area contributed by atoms with Gasteiger partial charge in [0.2, 0.25) is 5.88 Å². The molecule has 1 aromatic heterocycles. The molecule has 2 N–H and O–H groups in total. The number of aromatic nitrogens is 2. The Balaban J connectivity index is 1.94. The summed E-state index contributed by atoms with van der Waals surface area (Å²) in [5.41, 5.74) is 2.36. The van der Waals surface area contributed by atoms with Gasteiger partial charge in [0.1, 0.15) is 5.56 Å². The van der Waals surface area contributed by atoms with E-state index in [4.69, 9.17) is 35.4 Å². The van der Waals surface area contributed by atoms with Gasteiger partial charge in [-0.05, 0) is 42.6 Å². The van der Waals surface area contributed by atoms with Crippen molar-refractivity contribution in [2.24, 2.45) is 4.99 Å². The predicted molar refractivity (Wildman–Crippen MR) is 111 cm³/mol. The zero-order chi connectivity index (χ0) is 19.1. The summed E-state index contributed by atoms with van der Waals surface area (Å²) in [5.74, 6) is -0.313. The quantitative estimate of drug-likeness (QED) is 0.567. The van der Waals surface area contributed by atoms with E-state index in [1.807, 2.05) is 24.3 Å². The number of aliphatic imine (C=N–C) groups is 1. The van der Waals surface area contributed by atoms with Gasteiger partial charge in [0.25, 0.3) is 5.56 Å². The van der Waals surface area contributed by atoms with Crippen LogP contribution in [0.3, 0.4) is 0 Å². The molecule has 0 fully saturated rings. The van der Waals surface area contributed by atoms with Gasteiger partial charge in [0.05, 0.1) is 11.4 Å². The number of allylic oxidation sites excluding steroid dienone is 1. The van der Waals surface area contributed by atoms with Crippen LogP contribution in [-0.4, -0.2) is 20.9 Å². The Morgan fingerprint density at radius 1 is 1.15 bits per heavy atom. The first kappa shape index (κ1) is 17.7. The number of hydrogen-bond donors (Lipinski definition) is 2. The molecule has 0 radical (unpaired) electrons. The Hall–Kier alpha value is -2.67. The van der Waals surface area contributed by atoms with Crippen LogP contribution in [0.5, 0.6) is 5.88 Å². The van der Waals surface area contributed by atoms with Crippen molar-refractivity contribution in [3.05, 3.63) is 78.8 Å². The number of nitrogens with zero attached hydrogens (tertiary/aromatic N) is 2. The Kier molecular flexibility index (Phi) is 4.47. The van der Waals surface area contributed by atoms with E-state index < -0.39 is 5.56 Å². The second-order valence-electron chi connectivity index (χ2n) is 5.83. The van der Waals surface area contributed by atoms with Crippen LogP contribution in [0.15, 0.2) is 52.3 Å². The molecule has 27 heavy (non-hydrogen) atoms. The smallest absolute Gasteiger partial charge is 0.262 e. The summed E-state index contributed by atoms with van der Waals surface area (Å²) in [4.78, 5) is 19.3. The first-order chi connectivity index (χ1) is 12.9. The lowest BCUT2D eigenvalue weighted by atomic mass is 10.1. The lowest BCUT2D eigenvalue weighted by Gasteiger charge is -2.12. The first-order valence-electron chi connectivity index (χ1n) is 7.84. The van der Waals surface area contributed by atoms with Gasteiger partial charge < -0.3 is 5.11 Å². The van der Waals surface area contributed by atoms with Gasteiger partial charge in [-0.1, -0.05) is 41.4 Å². The summed E-state index contributed by atoms with van der Waals surface area (Å²) in [6.45, 7) is 0. The standard InChI is InChI=1S/C19H11Cl2N3O2S/c20-11-6-12(21)8-13(7-11)24-18(26)15(17(25)23-19(24)27)5-10-9-22-16-4-2-1-3-14(10)16/h1-9,26H,(H,23,25,27)/b10-5-. The number of hydrogen-bond acceptors (Lipinski definition) is 4. The second-order valence-corrected chi connectivity index (χ2v) is 7.09. The maximum atomic E-state index is 12.4. The lowest BCUT2D eigenvalue weighted by Crippen LogP contribution is -2.16. The number of nitrogens with one attached hydrogen (secondary N) is 1. The van der Waals surface area contributed by atoms with Gasteiger partial charge in [-0.2, -0.15) is 0 Å². The summed E-state index contributed by atoms with van der Waals surface area (Å²) in [5, 5.41) is 11.5. The van der Waals surface area contributed by atoms with Crippen LogP contribution in [-0.2, 0) is 0 Å². The molecule has 0 saturated heterocycles. The average molecular weight is 416 g/mol. The maximum absolute atomic E-state index is 12.4. The van der Waals surface area contributed by atoms with Crippen LogP contribution in [0.2, 0.25) is 10.0 Å². The van der Waals surface area contributed by atoms with Crippen molar-refractivity contribution >= 4 is 59.0 Å². The largest absolute Gasteiger partial charge is 0.494 e. The van der Waals surface area contributed by atoms with Crippen LogP contribution in [0.25, 0.3) is 17.3 Å². The van der Waals surface area contributed by atoms with Crippen molar-refractivity contribution in [3.8, 4) is 11.6 Å². The van der Waals surface area contributed by atoms with Crippen molar-refractivity contribution in [1.29, 1.82) is 0 Å². The normalized spacial score (nSPS) is 13.9. The molecule has 2 aromatic carbocycles. The van der Waals surface area contributed by atoms with E-state index in [0.29, 0.717) is 21.3 Å². The molecular formula is C19H11Cl2N3O2S. The second kappa shape index (κ2) is 6.81. The van der Waals surface area contributed by atoms with Crippen molar-refractivity contribution in [3.63, 3.8) is 0 Å². The number of para-hydroxylation sites is 1. The fourth-order valence-corrected chi connectivity index (χ4v) is 3.69. The highest BCUT2D eigenvalue weighted by Crippen LogP contribution is 2.33. The lowest BCUT2D eigenvalue weighted by molar-refractivity contribution is 0.432. The van der Waals surface area contributed by atoms with Crippen LogP contribution in [0.1, 0.15) is 11.1 Å². The van der Waals surface area contributed by atoms with E-state index in [1.165, 1.54) is 4.57 Å². The maximum Gasteiger partial charge on any atom is 0.262 e. The molecule has 0 aliphatic carbocycles. The summed E-state index contributed by atoms with van der Waals surface area (Å²) < 4.78 is 1.33. The fourth-order valence-electron chi connectivity index (χ4n) is 2.89. The fraction of sp³-hybridized carbons (Fsp3) is 0. The number of rotatable bonds is 2. The van der Waals surface area contributed by atoms with E-state index in [2.05, 4.69) is 9.98 Å². The zero-order valence-electron chi connectivity index (χ0n) is 13.6. The van der Waals surface area contributed by atoms with Gasteiger partial charge >= 0.3 is 0 Å². The molecule has 8 heteroatoms. The molecule has 4 rings (SSSR count). The third-order valence-corrected chi connectivity index (χ3v) is 4.81. The number of aromatic amines is 1. The highest BCUT2D eigenvalue weighted by atomic mass is 35.5. The van der Waals surface area contributed by atoms with Crippen LogP contribution < -0.4 is 5.56 Å². The molecule has 0 spiro atoms. The molecule has 0 unspecified atom stereocenters. The first-order valence-corrected chi connectivity index (χ1v) is 9.00. The SMILES string of the molecule is O=c1[nH]c(=S)n(-c2cc(Cl)cc(Cl)c2)c(O)c1/C=C1/C=Nc2ccccc21. The molecule has 0 bridgehead atoms. The van der Waals surface area contributed by atoms with E-state index in [-0.39, 0.29) is 16.2 Å². The topological polar surface area (TPSA) is 70.4 Å². The molecular weight excluding hydrogens is 405 g/mol. The van der Waals surface area contributed by atoms with Gasteiger partial charge in [-0.3, -0.25) is 19.3 Å². The summed E-state index contributed by atoms with van der Waals surface area (Å²) in [6, 6.07) is 12.3. The van der Waals surface area contributed by atoms with Crippen molar-refractivity contribution in [2.75, 3.05) is 0 Å². The van der Waals surface area contributed by atoms with Crippen LogP contribution >= 0.6 is 35.4 Å². The Labute approximate surface area is 168 Å². The number of fused-ring (bicyclic) bond motifs is 1. The Morgan fingerprint density at radius 3 is 2.59 bits per heavy atom. The summed E-state index contributed by atoms with van der Waals surface area (Å²) >= 11 is 17.3. The Morgan fingerprint density at radius 2 is 1.85 bits per heavy atom.